The fourth-order valence-corrected chi connectivity index (χ4v) is 2.12. The van der Waals surface area contributed by atoms with E-state index in [0.29, 0.717) is 5.02 Å². The van der Waals surface area contributed by atoms with Crippen molar-refractivity contribution in [2.45, 2.75) is 6.42 Å². The van der Waals surface area contributed by atoms with Crippen molar-refractivity contribution in [1.29, 1.82) is 0 Å². The number of hydrogen-bond donors (Lipinski definition) is 2. The van der Waals surface area contributed by atoms with Gasteiger partial charge in [0.2, 0.25) is 5.91 Å². The lowest BCUT2D eigenvalue weighted by Gasteiger charge is -2.10. The van der Waals surface area contributed by atoms with Crippen LogP contribution in [-0.4, -0.2) is 19.0 Å². The molecule has 16 heavy (non-hydrogen) atoms. The highest BCUT2D eigenvalue weighted by Gasteiger charge is 2.22. The maximum atomic E-state index is 11.8. The van der Waals surface area contributed by atoms with Crippen LogP contribution >= 0.6 is 27.5 Å². The lowest BCUT2D eigenvalue weighted by atomic mass is 10.1. The monoisotopic (exact) mass is 302 g/mol. The minimum atomic E-state index is 0.0587. The zero-order valence-corrected chi connectivity index (χ0v) is 10.9. The fraction of sp³-hybridized carbons (Fsp3) is 0.364. The Labute approximate surface area is 108 Å². The van der Waals surface area contributed by atoms with Gasteiger partial charge >= 0.3 is 0 Å². The van der Waals surface area contributed by atoms with Crippen LogP contribution in [0.4, 0.5) is 5.69 Å². The second-order valence-electron chi connectivity index (χ2n) is 3.81. The third-order valence-electron chi connectivity index (χ3n) is 2.62. The minimum absolute atomic E-state index is 0.0587. The van der Waals surface area contributed by atoms with E-state index in [1.807, 2.05) is 12.1 Å². The van der Waals surface area contributed by atoms with Gasteiger partial charge in [0.1, 0.15) is 0 Å². The van der Waals surface area contributed by atoms with Crippen LogP contribution in [0.1, 0.15) is 6.42 Å². The van der Waals surface area contributed by atoms with E-state index in [1.165, 1.54) is 0 Å². The summed E-state index contributed by atoms with van der Waals surface area (Å²) in [5, 5.41) is 6.63. The maximum Gasteiger partial charge on any atom is 0.228 e. The van der Waals surface area contributed by atoms with Crippen LogP contribution in [0.15, 0.2) is 22.7 Å². The number of nitrogens with one attached hydrogen (secondary N) is 2. The molecule has 1 aliphatic heterocycles. The van der Waals surface area contributed by atoms with E-state index in [-0.39, 0.29) is 11.8 Å². The number of amides is 1. The second kappa shape index (κ2) is 5.17. The number of halogens is 2. The van der Waals surface area contributed by atoms with E-state index in [2.05, 4.69) is 26.6 Å². The van der Waals surface area contributed by atoms with E-state index in [0.717, 1.165) is 29.7 Å². The van der Waals surface area contributed by atoms with Gasteiger partial charge in [0.05, 0.1) is 10.9 Å². The molecule has 3 nitrogen and oxygen atoms in total. The second-order valence-corrected chi connectivity index (χ2v) is 5.07. The molecule has 5 heteroatoms. The van der Waals surface area contributed by atoms with E-state index in [9.17, 15) is 4.79 Å². The Hall–Kier alpha value is -0.580. The maximum absolute atomic E-state index is 11.8. The molecule has 1 heterocycles. The topological polar surface area (TPSA) is 41.1 Å². The Balaban J connectivity index is 2.02. The molecular formula is C11H12BrClN2O. The summed E-state index contributed by atoms with van der Waals surface area (Å²) in [6, 6.07) is 5.40. The van der Waals surface area contributed by atoms with Crippen LogP contribution in [0.25, 0.3) is 0 Å². The molecule has 2 rings (SSSR count). The summed E-state index contributed by atoms with van der Waals surface area (Å²) < 4.78 is 0.828. The highest BCUT2D eigenvalue weighted by atomic mass is 79.9. The molecule has 86 valence electrons. The van der Waals surface area contributed by atoms with Gasteiger partial charge in [-0.15, -0.1) is 0 Å². The quantitative estimate of drug-likeness (QED) is 0.882. The Morgan fingerprint density at radius 2 is 2.38 bits per heavy atom. The summed E-state index contributed by atoms with van der Waals surface area (Å²) >= 11 is 9.25. The Bertz CT molecular complexity index is 405. The summed E-state index contributed by atoms with van der Waals surface area (Å²) in [6.45, 7) is 1.68. The molecule has 1 atom stereocenters. The van der Waals surface area contributed by atoms with Crippen LogP contribution in [0.5, 0.6) is 0 Å². The highest BCUT2D eigenvalue weighted by Crippen LogP contribution is 2.25. The predicted octanol–water partition coefficient (Wildman–Crippen LogP) is 2.65. The van der Waals surface area contributed by atoms with Crippen molar-refractivity contribution in [2.24, 2.45) is 5.92 Å². The van der Waals surface area contributed by atoms with E-state index in [4.69, 9.17) is 11.6 Å². The molecule has 0 bridgehead atoms. The third-order valence-corrected chi connectivity index (χ3v) is 3.85. The Kier molecular flexibility index (Phi) is 3.84. The lowest BCUT2D eigenvalue weighted by molar-refractivity contribution is -0.119. The van der Waals surface area contributed by atoms with E-state index < -0.39 is 0 Å². The van der Waals surface area contributed by atoms with Crippen molar-refractivity contribution in [3.63, 3.8) is 0 Å². The Morgan fingerprint density at radius 1 is 1.56 bits per heavy atom. The Morgan fingerprint density at radius 3 is 3.00 bits per heavy atom. The first-order chi connectivity index (χ1) is 7.66. The third kappa shape index (κ3) is 2.75. The summed E-state index contributed by atoms with van der Waals surface area (Å²) in [6.07, 6.45) is 0.899. The van der Waals surface area contributed by atoms with Crippen LogP contribution in [0.2, 0.25) is 5.02 Å². The lowest BCUT2D eigenvalue weighted by Crippen LogP contribution is -2.24. The molecule has 1 aromatic rings. The largest absolute Gasteiger partial charge is 0.326 e. The minimum Gasteiger partial charge on any atom is -0.326 e. The van der Waals surface area contributed by atoms with Crippen LogP contribution in [0, 0.1) is 5.92 Å². The van der Waals surface area contributed by atoms with Gasteiger partial charge in [-0.05, 0) is 47.1 Å². The summed E-state index contributed by atoms with van der Waals surface area (Å²) in [5.74, 6) is 0.130. The van der Waals surface area contributed by atoms with Crippen molar-refractivity contribution < 1.29 is 4.79 Å². The van der Waals surface area contributed by atoms with Gasteiger partial charge in [0.25, 0.3) is 0 Å². The van der Waals surface area contributed by atoms with Gasteiger partial charge in [0.15, 0.2) is 0 Å². The standard InChI is InChI=1S/C11H12BrClN2O/c12-9-2-1-8(5-10(9)13)15-11(16)7-3-4-14-6-7/h1-2,5,7,14H,3-4,6H2,(H,15,16). The molecule has 0 radical (unpaired) electrons. The van der Waals surface area contributed by atoms with Crippen molar-refractivity contribution in [2.75, 3.05) is 18.4 Å². The molecule has 0 aromatic heterocycles. The van der Waals surface area contributed by atoms with Gasteiger partial charge in [0, 0.05) is 16.7 Å². The normalized spacial score (nSPS) is 19.8. The van der Waals surface area contributed by atoms with E-state index >= 15 is 0 Å². The molecule has 1 unspecified atom stereocenters. The molecule has 1 amide bonds. The van der Waals surface area contributed by atoms with Crippen molar-refractivity contribution >= 4 is 39.1 Å². The van der Waals surface area contributed by atoms with Gasteiger partial charge in [-0.2, -0.15) is 0 Å². The molecule has 1 saturated heterocycles. The first-order valence-electron chi connectivity index (χ1n) is 5.13. The average molecular weight is 304 g/mol. The SMILES string of the molecule is O=C(Nc1ccc(Br)c(Cl)c1)C1CCNC1. The first kappa shape index (κ1) is 11.9. The summed E-state index contributed by atoms with van der Waals surface area (Å²) in [7, 11) is 0. The van der Waals surface area contributed by atoms with Crippen LogP contribution in [-0.2, 0) is 4.79 Å². The van der Waals surface area contributed by atoms with Crippen molar-refractivity contribution in [3.8, 4) is 0 Å². The summed E-state index contributed by atoms with van der Waals surface area (Å²) in [5.41, 5.74) is 0.741. The van der Waals surface area contributed by atoms with Gasteiger partial charge in [-0.1, -0.05) is 11.6 Å². The summed E-state index contributed by atoms with van der Waals surface area (Å²) in [4.78, 5) is 11.8. The van der Waals surface area contributed by atoms with E-state index in [1.54, 1.807) is 6.07 Å². The molecule has 1 aliphatic rings. The molecule has 1 fully saturated rings. The average Bonchev–Trinajstić information content (AvgIpc) is 2.77. The van der Waals surface area contributed by atoms with Crippen molar-refractivity contribution in [3.05, 3.63) is 27.7 Å². The number of carbonyl (C=O) groups excluding carboxylic acids is 1. The highest BCUT2D eigenvalue weighted by molar-refractivity contribution is 9.10. The first-order valence-corrected chi connectivity index (χ1v) is 6.30. The van der Waals surface area contributed by atoms with Gasteiger partial charge in [-0.3, -0.25) is 4.79 Å². The molecule has 0 saturated carbocycles. The number of hydrogen-bond acceptors (Lipinski definition) is 2. The van der Waals surface area contributed by atoms with Crippen LogP contribution < -0.4 is 10.6 Å². The molecule has 1 aromatic carbocycles. The molecule has 0 spiro atoms. The number of carbonyl (C=O) groups is 1. The fourth-order valence-electron chi connectivity index (χ4n) is 1.70. The molecule has 2 N–H and O–H groups in total. The number of anilines is 1. The predicted molar refractivity (Wildman–Crippen MR) is 68.8 cm³/mol. The number of benzene rings is 1. The van der Waals surface area contributed by atoms with Gasteiger partial charge < -0.3 is 10.6 Å². The molecule has 0 aliphatic carbocycles. The smallest absolute Gasteiger partial charge is 0.228 e. The zero-order valence-electron chi connectivity index (χ0n) is 8.59. The zero-order chi connectivity index (χ0) is 11.5. The number of rotatable bonds is 2. The molecular weight excluding hydrogens is 291 g/mol. The van der Waals surface area contributed by atoms with Gasteiger partial charge in [-0.25, -0.2) is 0 Å². The van der Waals surface area contributed by atoms with Crippen LogP contribution in [0.3, 0.4) is 0 Å². The van der Waals surface area contributed by atoms with Crippen molar-refractivity contribution in [1.82, 2.24) is 5.32 Å².